The third-order valence-electron chi connectivity index (χ3n) is 2.93. The fraction of sp³-hybridized carbons (Fsp3) is 0.308. The topological polar surface area (TPSA) is 20.3 Å². The molecule has 0 spiro atoms. The second-order valence-corrected chi connectivity index (χ2v) is 3.84. The number of rotatable bonds is 2. The minimum Gasteiger partial charge on any atom is -0.328 e. The highest BCUT2D eigenvalue weighted by Gasteiger charge is 2.37. The molecular formula is C13H15NO. The Kier molecular flexibility index (Phi) is 2.58. The molecule has 2 heteroatoms. The predicted octanol–water partition coefficient (Wildman–Crippen LogP) is 2.36. The van der Waals surface area contributed by atoms with E-state index in [1.807, 2.05) is 48.2 Å². The van der Waals surface area contributed by atoms with Crippen LogP contribution in [0.25, 0.3) is 0 Å². The molecule has 1 aromatic carbocycles. The van der Waals surface area contributed by atoms with Crippen molar-refractivity contribution in [3.63, 3.8) is 0 Å². The number of hydrogen-bond donors (Lipinski definition) is 0. The Morgan fingerprint density at radius 2 is 2.00 bits per heavy atom. The number of likely N-dealkylation sites (tertiary alicyclic amines) is 1. The van der Waals surface area contributed by atoms with Gasteiger partial charge in [-0.1, -0.05) is 36.4 Å². The summed E-state index contributed by atoms with van der Waals surface area (Å²) in [6.07, 6.45) is 1.91. The average Bonchev–Trinajstić information content (AvgIpc) is 2.28. The van der Waals surface area contributed by atoms with Gasteiger partial charge in [-0.2, -0.15) is 0 Å². The number of allylic oxidation sites excluding steroid dienone is 1. The minimum absolute atomic E-state index is 0.175. The van der Waals surface area contributed by atoms with Crippen LogP contribution < -0.4 is 0 Å². The molecule has 1 heterocycles. The van der Waals surface area contributed by atoms with E-state index >= 15 is 0 Å². The number of benzene rings is 1. The van der Waals surface area contributed by atoms with E-state index in [4.69, 9.17) is 0 Å². The maximum absolute atomic E-state index is 11.7. The molecule has 1 aliphatic rings. The van der Waals surface area contributed by atoms with Crippen LogP contribution in [0.15, 0.2) is 42.0 Å². The summed E-state index contributed by atoms with van der Waals surface area (Å²) in [6, 6.07) is 10.4. The molecule has 1 unspecified atom stereocenters. The number of carbonyl (C=O) groups is 1. The Hall–Kier alpha value is -1.57. The van der Waals surface area contributed by atoms with E-state index in [1.165, 1.54) is 5.56 Å². The first-order valence-electron chi connectivity index (χ1n) is 5.25. The predicted molar refractivity (Wildman–Crippen MR) is 60.2 cm³/mol. The quantitative estimate of drug-likeness (QED) is 0.531. The molecule has 2 nitrogen and oxygen atoms in total. The Bertz CT molecular complexity index is 394. The first-order valence-corrected chi connectivity index (χ1v) is 5.25. The first-order chi connectivity index (χ1) is 7.24. The van der Waals surface area contributed by atoms with E-state index in [0.717, 1.165) is 12.1 Å². The minimum atomic E-state index is 0.175. The van der Waals surface area contributed by atoms with E-state index in [-0.39, 0.29) is 11.9 Å². The Labute approximate surface area is 90.2 Å². The zero-order valence-electron chi connectivity index (χ0n) is 9.10. The summed E-state index contributed by atoms with van der Waals surface area (Å²) in [7, 11) is 0. The van der Waals surface area contributed by atoms with Gasteiger partial charge in [0.2, 0.25) is 0 Å². The van der Waals surface area contributed by atoms with Crippen LogP contribution in [0.3, 0.4) is 0 Å². The van der Waals surface area contributed by atoms with Crippen molar-refractivity contribution in [3.05, 3.63) is 47.5 Å². The number of β-lactam (4-membered cyclic amide) rings is 1. The van der Waals surface area contributed by atoms with Gasteiger partial charge in [-0.05, 0) is 19.4 Å². The number of nitrogens with zero attached hydrogens (tertiary/aromatic N) is 1. The molecular weight excluding hydrogens is 186 g/mol. The largest absolute Gasteiger partial charge is 0.328 e. The van der Waals surface area contributed by atoms with Crippen LogP contribution in [0.2, 0.25) is 0 Å². The molecule has 1 aromatic rings. The Morgan fingerprint density at radius 1 is 1.33 bits per heavy atom. The van der Waals surface area contributed by atoms with Crippen molar-refractivity contribution in [1.82, 2.24) is 4.90 Å². The van der Waals surface area contributed by atoms with Gasteiger partial charge < -0.3 is 4.90 Å². The van der Waals surface area contributed by atoms with Crippen LogP contribution in [0, 0.1) is 0 Å². The molecule has 0 N–H and O–H groups in total. The fourth-order valence-corrected chi connectivity index (χ4v) is 1.98. The maximum atomic E-state index is 11.7. The van der Waals surface area contributed by atoms with Crippen LogP contribution in [-0.2, 0) is 11.3 Å². The molecule has 1 fully saturated rings. The van der Waals surface area contributed by atoms with Crippen molar-refractivity contribution < 1.29 is 4.79 Å². The van der Waals surface area contributed by atoms with Crippen molar-refractivity contribution in [2.45, 2.75) is 26.4 Å². The molecule has 1 aliphatic heterocycles. The van der Waals surface area contributed by atoms with Crippen LogP contribution in [-0.4, -0.2) is 16.8 Å². The van der Waals surface area contributed by atoms with Crippen molar-refractivity contribution in [1.29, 1.82) is 0 Å². The molecule has 0 aliphatic carbocycles. The number of amides is 1. The van der Waals surface area contributed by atoms with Crippen molar-refractivity contribution in [2.75, 3.05) is 0 Å². The number of carbonyl (C=O) groups excluding carboxylic acids is 1. The highest BCUT2D eigenvalue weighted by atomic mass is 16.2. The third-order valence-corrected chi connectivity index (χ3v) is 2.93. The molecule has 0 saturated carbocycles. The SMILES string of the molecule is C/C=C1\C(=O)N(Cc2ccccc2)C1C. The van der Waals surface area contributed by atoms with Gasteiger partial charge in [-0.15, -0.1) is 0 Å². The summed E-state index contributed by atoms with van der Waals surface area (Å²) >= 11 is 0. The maximum Gasteiger partial charge on any atom is 0.252 e. The molecule has 15 heavy (non-hydrogen) atoms. The van der Waals surface area contributed by atoms with E-state index in [9.17, 15) is 4.79 Å². The van der Waals surface area contributed by atoms with Crippen LogP contribution >= 0.6 is 0 Å². The number of hydrogen-bond acceptors (Lipinski definition) is 1. The average molecular weight is 201 g/mol. The fourth-order valence-electron chi connectivity index (χ4n) is 1.98. The lowest BCUT2D eigenvalue weighted by molar-refractivity contribution is -0.137. The summed E-state index contributed by atoms with van der Waals surface area (Å²) in [4.78, 5) is 13.6. The van der Waals surface area contributed by atoms with Gasteiger partial charge in [0.25, 0.3) is 5.91 Å². The van der Waals surface area contributed by atoms with Crippen molar-refractivity contribution >= 4 is 5.91 Å². The van der Waals surface area contributed by atoms with Crippen LogP contribution in [0.1, 0.15) is 19.4 Å². The lowest BCUT2D eigenvalue weighted by atomic mass is 9.95. The summed E-state index contributed by atoms with van der Waals surface area (Å²) in [5, 5.41) is 0. The van der Waals surface area contributed by atoms with Crippen LogP contribution in [0.4, 0.5) is 0 Å². The van der Waals surface area contributed by atoms with Gasteiger partial charge in [0.1, 0.15) is 0 Å². The molecule has 78 valence electrons. The summed E-state index contributed by atoms with van der Waals surface area (Å²) in [6.45, 7) is 4.71. The van der Waals surface area contributed by atoms with Gasteiger partial charge in [-0.3, -0.25) is 4.79 Å². The Morgan fingerprint density at radius 3 is 2.53 bits per heavy atom. The second-order valence-electron chi connectivity index (χ2n) is 3.84. The molecule has 0 radical (unpaired) electrons. The second kappa shape index (κ2) is 3.89. The smallest absolute Gasteiger partial charge is 0.252 e. The van der Waals surface area contributed by atoms with Gasteiger partial charge in [0.05, 0.1) is 6.04 Å². The lowest BCUT2D eigenvalue weighted by Gasteiger charge is -2.40. The van der Waals surface area contributed by atoms with Crippen molar-refractivity contribution in [2.24, 2.45) is 0 Å². The highest BCUT2D eigenvalue weighted by Crippen LogP contribution is 2.27. The third kappa shape index (κ3) is 1.67. The normalized spacial score (nSPS) is 23.1. The molecule has 2 rings (SSSR count). The molecule has 0 bridgehead atoms. The molecule has 1 amide bonds. The summed E-state index contributed by atoms with van der Waals surface area (Å²) < 4.78 is 0. The van der Waals surface area contributed by atoms with Gasteiger partial charge in [0.15, 0.2) is 0 Å². The molecule has 1 atom stereocenters. The molecule has 0 aromatic heterocycles. The standard InChI is InChI=1S/C13H15NO/c1-3-12-10(2)14(13(12)15)9-11-7-5-4-6-8-11/h3-8,10H,9H2,1-2H3/b12-3-. The zero-order chi connectivity index (χ0) is 10.8. The van der Waals surface area contributed by atoms with E-state index in [1.54, 1.807) is 0 Å². The van der Waals surface area contributed by atoms with Crippen LogP contribution in [0.5, 0.6) is 0 Å². The monoisotopic (exact) mass is 201 g/mol. The summed E-state index contributed by atoms with van der Waals surface area (Å²) in [5.74, 6) is 0.175. The van der Waals surface area contributed by atoms with Gasteiger partial charge in [-0.25, -0.2) is 0 Å². The molecule has 1 saturated heterocycles. The Balaban J connectivity index is 2.07. The summed E-state index contributed by atoms with van der Waals surface area (Å²) in [5.41, 5.74) is 2.12. The van der Waals surface area contributed by atoms with E-state index < -0.39 is 0 Å². The van der Waals surface area contributed by atoms with Crippen molar-refractivity contribution in [3.8, 4) is 0 Å². The van der Waals surface area contributed by atoms with E-state index in [2.05, 4.69) is 6.92 Å². The zero-order valence-corrected chi connectivity index (χ0v) is 9.10. The highest BCUT2D eigenvalue weighted by molar-refractivity contribution is 6.01. The van der Waals surface area contributed by atoms with Gasteiger partial charge >= 0.3 is 0 Å². The van der Waals surface area contributed by atoms with E-state index in [0.29, 0.717) is 0 Å². The van der Waals surface area contributed by atoms with Gasteiger partial charge in [0, 0.05) is 12.1 Å². The first kappa shape index (κ1) is 9.97. The lowest BCUT2D eigenvalue weighted by Crippen LogP contribution is -2.52.